The molecule has 0 bridgehead atoms. The standard InChI is InChI=1S/C11H11N3O6S/c1-20-11-6(14-9(21-11)10(18)19)8(17)12-4-2-3-5(15)13-7(4)16/h4H,2-3H2,1H3,(H,12,17)(H,18,19)(H,13,15,16). The number of carbonyl (C=O) groups is 4. The van der Waals surface area contributed by atoms with Crippen LogP contribution in [0.1, 0.15) is 33.1 Å². The molecule has 0 saturated carbocycles. The summed E-state index contributed by atoms with van der Waals surface area (Å²) in [5.74, 6) is -3.01. The number of nitrogens with one attached hydrogen (secondary N) is 2. The molecule has 0 radical (unpaired) electrons. The number of ether oxygens (including phenoxy) is 1. The average Bonchev–Trinajstić information content (AvgIpc) is 2.86. The number of rotatable bonds is 4. The number of imide groups is 1. The Labute approximate surface area is 122 Å². The first kappa shape index (κ1) is 14.9. The van der Waals surface area contributed by atoms with Crippen molar-refractivity contribution < 1.29 is 29.0 Å². The van der Waals surface area contributed by atoms with E-state index in [-0.39, 0.29) is 28.6 Å². The third-order valence-electron chi connectivity index (χ3n) is 2.72. The van der Waals surface area contributed by atoms with Crippen LogP contribution in [0.25, 0.3) is 0 Å². The molecule has 21 heavy (non-hydrogen) atoms. The van der Waals surface area contributed by atoms with Gasteiger partial charge in [0.1, 0.15) is 6.04 Å². The quantitative estimate of drug-likeness (QED) is 0.631. The fraction of sp³-hybridized carbons (Fsp3) is 0.364. The second kappa shape index (κ2) is 5.87. The summed E-state index contributed by atoms with van der Waals surface area (Å²) in [5, 5.41) is 13.1. The zero-order chi connectivity index (χ0) is 15.6. The van der Waals surface area contributed by atoms with Crippen molar-refractivity contribution in [2.24, 2.45) is 0 Å². The molecule has 1 aliphatic heterocycles. The Hall–Kier alpha value is -2.49. The van der Waals surface area contributed by atoms with Crippen LogP contribution in [0.5, 0.6) is 5.06 Å². The zero-order valence-corrected chi connectivity index (χ0v) is 11.7. The minimum absolute atomic E-state index is 0.0391. The van der Waals surface area contributed by atoms with Crippen LogP contribution in [-0.2, 0) is 9.59 Å². The average molecular weight is 313 g/mol. The van der Waals surface area contributed by atoms with Crippen LogP contribution in [0, 0.1) is 0 Å². The van der Waals surface area contributed by atoms with Gasteiger partial charge in [-0.1, -0.05) is 11.3 Å². The van der Waals surface area contributed by atoms with Crippen molar-refractivity contribution in [3.05, 3.63) is 10.7 Å². The van der Waals surface area contributed by atoms with Gasteiger partial charge in [0.2, 0.25) is 21.9 Å². The van der Waals surface area contributed by atoms with E-state index in [0.29, 0.717) is 11.3 Å². The molecule has 10 heteroatoms. The topological polar surface area (TPSA) is 135 Å². The van der Waals surface area contributed by atoms with E-state index in [1.54, 1.807) is 0 Å². The molecule has 3 amide bonds. The largest absolute Gasteiger partial charge is 0.485 e. The first-order valence-corrected chi connectivity index (χ1v) is 6.66. The van der Waals surface area contributed by atoms with Crippen LogP contribution in [0.2, 0.25) is 0 Å². The molecule has 0 aromatic carbocycles. The van der Waals surface area contributed by atoms with Crippen LogP contribution in [0.15, 0.2) is 0 Å². The van der Waals surface area contributed by atoms with Gasteiger partial charge in [-0.2, -0.15) is 0 Å². The van der Waals surface area contributed by atoms with Crippen molar-refractivity contribution >= 4 is 35.0 Å². The van der Waals surface area contributed by atoms with Gasteiger partial charge in [0.05, 0.1) is 7.11 Å². The minimum atomic E-state index is -1.28. The van der Waals surface area contributed by atoms with E-state index in [0.717, 1.165) is 0 Å². The molecule has 1 unspecified atom stereocenters. The van der Waals surface area contributed by atoms with Gasteiger partial charge in [-0.3, -0.25) is 19.7 Å². The molecule has 9 nitrogen and oxygen atoms in total. The molecule has 2 rings (SSSR count). The van der Waals surface area contributed by atoms with E-state index < -0.39 is 29.7 Å². The van der Waals surface area contributed by atoms with Crippen LogP contribution in [-0.4, -0.2) is 46.9 Å². The second-order valence-electron chi connectivity index (χ2n) is 4.14. The highest BCUT2D eigenvalue weighted by atomic mass is 32.1. The molecule has 2 heterocycles. The molecule has 112 valence electrons. The number of methoxy groups -OCH3 is 1. The summed E-state index contributed by atoms with van der Waals surface area (Å²) >= 11 is 0.711. The van der Waals surface area contributed by atoms with Crippen molar-refractivity contribution in [3.63, 3.8) is 0 Å². The van der Waals surface area contributed by atoms with Crippen molar-refractivity contribution in [2.45, 2.75) is 18.9 Å². The Morgan fingerprint density at radius 1 is 1.48 bits per heavy atom. The van der Waals surface area contributed by atoms with Gasteiger partial charge in [-0.25, -0.2) is 9.78 Å². The summed E-state index contributed by atoms with van der Waals surface area (Å²) in [6, 6.07) is -0.866. The second-order valence-corrected chi connectivity index (χ2v) is 5.10. The Morgan fingerprint density at radius 2 is 2.19 bits per heavy atom. The van der Waals surface area contributed by atoms with Crippen LogP contribution in [0.3, 0.4) is 0 Å². The Morgan fingerprint density at radius 3 is 2.76 bits per heavy atom. The van der Waals surface area contributed by atoms with E-state index in [4.69, 9.17) is 9.84 Å². The van der Waals surface area contributed by atoms with Gasteiger partial charge in [-0.15, -0.1) is 0 Å². The van der Waals surface area contributed by atoms with Gasteiger partial charge in [0.25, 0.3) is 5.91 Å². The van der Waals surface area contributed by atoms with Gasteiger partial charge in [-0.05, 0) is 6.42 Å². The first-order chi connectivity index (χ1) is 9.92. The predicted molar refractivity (Wildman–Crippen MR) is 69.3 cm³/mol. The molecule has 1 atom stereocenters. The molecular weight excluding hydrogens is 302 g/mol. The number of thiazole rings is 1. The first-order valence-electron chi connectivity index (χ1n) is 5.85. The van der Waals surface area contributed by atoms with Crippen LogP contribution < -0.4 is 15.4 Å². The summed E-state index contributed by atoms with van der Waals surface area (Å²) in [5.41, 5.74) is -0.204. The fourth-order valence-corrected chi connectivity index (χ4v) is 2.46. The molecule has 1 aliphatic rings. The maximum atomic E-state index is 12.1. The van der Waals surface area contributed by atoms with Gasteiger partial charge in [0.15, 0.2) is 5.69 Å². The van der Waals surface area contributed by atoms with Crippen molar-refractivity contribution in [2.75, 3.05) is 7.11 Å². The Balaban J connectivity index is 2.15. The number of nitrogens with zero attached hydrogens (tertiary/aromatic N) is 1. The molecular formula is C11H11N3O6S. The minimum Gasteiger partial charge on any atom is -0.485 e. The lowest BCUT2D eigenvalue weighted by Gasteiger charge is -2.21. The lowest BCUT2D eigenvalue weighted by atomic mass is 10.1. The summed E-state index contributed by atoms with van der Waals surface area (Å²) in [6.45, 7) is 0. The van der Waals surface area contributed by atoms with E-state index >= 15 is 0 Å². The number of amides is 3. The third-order valence-corrected chi connectivity index (χ3v) is 3.73. The number of carboxylic acid groups (broad SMARTS) is 1. The monoisotopic (exact) mass is 313 g/mol. The maximum Gasteiger partial charge on any atom is 0.365 e. The van der Waals surface area contributed by atoms with Crippen molar-refractivity contribution in [1.29, 1.82) is 0 Å². The summed E-state index contributed by atoms with van der Waals surface area (Å²) in [6.07, 6.45) is 0.292. The maximum absolute atomic E-state index is 12.1. The molecule has 1 fully saturated rings. The summed E-state index contributed by atoms with van der Waals surface area (Å²) < 4.78 is 4.91. The van der Waals surface area contributed by atoms with Crippen molar-refractivity contribution in [1.82, 2.24) is 15.6 Å². The number of hydrogen-bond donors (Lipinski definition) is 3. The highest BCUT2D eigenvalue weighted by molar-refractivity contribution is 7.15. The smallest absolute Gasteiger partial charge is 0.365 e. The number of piperidine rings is 1. The van der Waals surface area contributed by atoms with Gasteiger partial charge >= 0.3 is 5.97 Å². The van der Waals surface area contributed by atoms with E-state index in [1.807, 2.05) is 0 Å². The Bertz CT molecular complexity index is 625. The SMILES string of the molecule is COc1sc(C(=O)O)nc1C(=O)NC1CCC(=O)NC1=O. The molecule has 1 aromatic rings. The summed E-state index contributed by atoms with van der Waals surface area (Å²) in [7, 11) is 1.28. The molecule has 1 saturated heterocycles. The fourth-order valence-electron chi connectivity index (χ4n) is 1.74. The van der Waals surface area contributed by atoms with Crippen LogP contribution in [0.4, 0.5) is 0 Å². The molecule has 3 N–H and O–H groups in total. The highest BCUT2D eigenvalue weighted by Gasteiger charge is 2.30. The molecule has 0 aliphatic carbocycles. The van der Waals surface area contributed by atoms with Gasteiger partial charge in [0, 0.05) is 6.42 Å². The molecule has 1 aromatic heterocycles. The van der Waals surface area contributed by atoms with Crippen LogP contribution >= 0.6 is 11.3 Å². The number of carbonyl (C=O) groups excluding carboxylic acids is 3. The van der Waals surface area contributed by atoms with E-state index in [9.17, 15) is 19.2 Å². The lowest BCUT2D eigenvalue weighted by Crippen LogP contribution is -2.52. The predicted octanol–water partition coefficient (Wildman–Crippen LogP) is -0.615. The number of hydrogen-bond acceptors (Lipinski definition) is 7. The lowest BCUT2D eigenvalue weighted by molar-refractivity contribution is -0.134. The highest BCUT2D eigenvalue weighted by Crippen LogP contribution is 2.27. The van der Waals surface area contributed by atoms with E-state index in [2.05, 4.69) is 15.6 Å². The number of aromatic nitrogens is 1. The number of carboxylic acids is 1. The summed E-state index contributed by atoms with van der Waals surface area (Å²) in [4.78, 5) is 49.1. The zero-order valence-electron chi connectivity index (χ0n) is 10.8. The number of aromatic carboxylic acids is 1. The third kappa shape index (κ3) is 3.16. The van der Waals surface area contributed by atoms with E-state index in [1.165, 1.54) is 7.11 Å². The Kier molecular flexibility index (Phi) is 4.17. The van der Waals surface area contributed by atoms with Gasteiger partial charge < -0.3 is 15.2 Å². The molecule has 0 spiro atoms. The van der Waals surface area contributed by atoms with Crippen molar-refractivity contribution in [3.8, 4) is 5.06 Å². The normalized spacial score (nSPS) is 18.0.